The quantitative estimate of drug-likeness (QED) is 0.450. The van der Waals surface area contributed by atoms with E-state index < -0.39 is 9.28 Å². The van der Waals surface area contributed by atoms with Crippen molar-refractivity contribution in [1.82, 2.24) is 0 Å². The first-order chi connectivity index (χ1) is 5.70. The van der Waals surface area contributed by atoms with E-state index in [9.17, 15) is 0 Å². The highest BCUT2D eigenvalue weighted by Gasteiger charge is 2.10. The van der Waals surface area contributed by atoms with Gasteiger partial charge in [-0.05, 0) is 19.9 Å². The fourth-order valence-corrected chi connectivity index (χ4v) is 2.61. The summed E-state index contributed by atoms with van der Waals surface area (Å²) in [5.74, 6) is 0. The fourth-order valence-electron chi connectivity index (χ4n) is 0.872. The largest absolute Gasteiger partial charge is 0.397 e. The molecule has 1 unspecified atom stereocenters. The molecule has 0 spiro atoms. The SMILES string of the molecule is C=C(C)CO[SiH](CCC)OCC. The minimum absolute atomic E-state index is 0.664. The molecule has 0 heterocycles. The highest BCUT2D eigenvalue weighted by molar-refractivity contribution is 6.44. The second-order valence-electron chi connectivity index (χ2n) is 2.94. The van der Waals surface area contributed by atoms with Crippen LogP contribution in [0.5, 0.6) is 0 Å². The van der Waals surface area contributed by atoms with Gasteiger partial charge in [-0.3, -0.25) is 0 Å². The molecule has 0 aromatic carbocycles. The average molecular weight is 188 g/mol. The molecule has 72 valence electrons. The lowest BCUT2D eigenvalue weighted by Gasteiger charge is -2.14. The Bertz CT molecular complexity index is 120. The Hall–Kier alpha value is -0.123. The van der Waals surface area contributed by atoms with Crippen molar-refractivity contribution < 1.29 is 8.85 Å². The van der Waals surface area contributed by atoms with Gasteiger partial charge in [0.05, 0.1) is 6.61 Å². The predicted molar refractivity (Wildman–Crippen MR) is 54.6 cm³/mol. The third-order valence-corrected chi connectivity index (χ3v) is 3.68. The molecule has 0 rings (SSSR count). The maximum Gasteiger partial charge on any atom is 0.321 e. The van der Waals surface area contributed by atoms with E-state index in [0.29, 0.717) is 6.61 Å². The molecule has 0 fully saturated rings. The van der Waals surface area contributed by atoms with Crippen molar-refractivity contribution in [3.63, 3.8) is 0 Å². The van der Waals surface area contributed by atoms with Crippen molar-refractivity contribution in [3.05, 3.63) is 12.2 Å². The van der Waals surface area contributed by atoms with Crippen LogP contribution in [0.15, 0.2) is 12.2 Å². The monoisotopic (exact) mass is 188 g/mol. The normalized spacial score (nSPS) is 12.9. The second-order valence-corrected chi connectivity index (χ2v) is 5.04. The van der Waals surface area contributed by atoms with Gasteiger partial charge in [-0.25, -0.2) is 0 Å². The van der Waals surface area contributed by atoms with Gasteiger partial charge in [0.2, 0.25) is 0 Å². The standard InChI is InChI=1S/C9H20O2Si/c1-5-7-12(10-6-2)11-8-9(3)4/h12H,3,5-8H2,1-2,4H3. The molecule has 2 nitrogen and oxygen atoms in total. The molecule has 0 aromatic heterocycles. The Morgan fingerprint density at radius 3 is 2.42 bits per heavy atom. The minimum atomic E-state index is -1.35. The summed E-state index contributed by atoms with van der Waals surface area (Å²) in [4.78, 5) is 0. The van der Waals surface area contributed by atoms with Crippen LogP contribution < -0.4 is 0 Å². The van der Waals surface area contributed by atoms with Crippen LogP contribution >= 0.6 is 0 Å². The molecule has 12 heavy (non-hydrogen) atoms. The molecule has 1 atom stereocenters. The molecule has 0 saturated carbocycles. The minimum Gasteiger partial charge on any atom is -0.397 e. The zero-order chi connectivity index (χ0) is 9.40. The smallest absolute Gasteiger partial charge is 0.321 e. The molecule has 0 amide bonds. The van der Waals surface area contributed by atoms with E-state index >= 15 is 0 Å². The lowest BCUT2D eigenvalue weighted by molar-refractivity contribution is 0.218. The van der Waals surface area contributed by atoms with Gasteiger partial charge >= 0.3 is 9.28 Å². The number of hydrogen-bond donors (Lipinski definition) is 0. The summed E-state index contributed by atoms with van der Waals surface area (Å²) in [7, 11) is -1.35. The first-order valence-corrected chi connectivity index (χ1v) is 6.34. The van der Waals surface area contributed by atoms with E-state index in [1.165, 1.54) is 0 Å². The number of rotatable bonds is 7. The van der Waals surface area contributed by atoms with Crippen molar-refractivity contribution >= 4 is 9.28 Å². The van der Waals surface area contributed by atoms with Crippen LogP contribution in [0.4, 0.5) is 0 Å². The molecular weight excluding hydrogens is 168 g/mol. The van der Waals surface area contributed by atoms with Gasteiger partial charge in [0.1, 0.15) is 0 Å². The fraction of sp³-hybridized carbons (Fsp3) is 0.778. The molecule has 0 bridgehead atoms. The maximum atomic E-state index is 5.60. The van der Waals surface area contributed by atoms with E-state index in [-0.39, 0.29) is 0 Å². The van der Waals surface area contributed by atoms with E-state index in [4.69, 9.17) is 8.85 Å². The van der Waals surface area contributed by atoms with Crippen LogP contribution in [0.2, 0.25) is 6.04 Å². The molecule has 0 radical (unpaired) electrons. The zero-order valence-corrected chi connectivity index (χ0v) is 9.58. The van der Waals surface area contributed by atoms with Crippen molar-refractivity contribution in [2.45, 2.75) is 33.2 Å². The van der Waals surface area contributed by atoms with Crippen molar-refractivity contribution in [2.75, 3.05) is 13.2 Å². The van der Waals surface area contributed by atoms with E-state index in [2.05, 4.69) is 13.5 Å². The first-order valence-electron chi connectivity index (χ1n) is 4.58. The lowest BCUT2D eigenvalue weighted by Crippen LogP contribution is -2.23. The van der Waals surface area contributed by atoms with E-state index in [0.717, 1.165) is 24.6 Å². The topological polar surface area (TPSA) is 18.5 Å². The summed E-state index contributed by atoms with van der Waals surface area (Å²) < 4.78 is 11.1. The second kappa shape index (κ2) is 7.52. The summed E-state index contributed by atoms with van der Waals surface area (Å²) in [5, 5.41) is 0. The molecule has 0 aliphatic carbocycles. The molecule has 3 heteroatoms. The Morgan fingerprint density at radius 2 is 2.00 bits per heavy atom. The molecule has 0 N–H and O–H groups in total. The Labute approximate surface area is 77.4 Å². The summed E-state index contributed by atoms with van der Waals surface area (Å²) >= 11 is 0. The van der Waals surface area contributed by atoms with Gasteiger partial charge in [-0.15, -0.1) is 0 Å². The van der Waals surface area contributed by atoms with Crippen LogP contribution in [0.25, 0.3) is 0 Å². The van der Waals surface area contributed by atoms with Crippen molar-refractivity contribution in [3.8, 4) is 0 Å². The average Bonchev–Trinajstić information content (AvgIpc) is 2.01. The Kier molecular flexibility index (Phi) is 7.44. The number of hydrogen-bond acceptors (Lipinski definition) is 2. The first kappa shape index (κ1) is 11.9. The predicted octanol–water partition coefficient (Wildman–Crippen LogP) is 2.25. The summed E-state index contributed by atoms with van der Waals surface area (Å²) in [6, 6.07) is 1.10. The van der Waals surface area contributed by atoms with E-state index in [1.54, 1.807) is 0 Å². The molecule has 0 aliphatic heterocycles. The lowest BCUT2D eigenvalue weighted by atomic mass is 10.4. The van der Waals surface area contributed by atoms with Gasteiger partial charge in [-0.1, -0.05) is 25.5 Å². The summed E-state index contributed by atoms with van der Waals surface area (Å²) in [6.45, 7) is 11.4. The van der Waals surface area contributed by atoms with Gasteiger partial charge in [0.15, 0.2) is 0 Å². The molecule has 0 aromatic rings. The highest BCUT2D eigenvalue weighted by atomic mass is 28.3. The van der Waals surface area contributed by atoms with Crippen LogP contribution in [-0.2, 0) is 8.85 Å². The molecular formula is C9H20O2Si. The van der Waals surface area contributed by atoms with E-state index in [1.807, 2.05) is 13.8 Å². The van der Waals surface area contributed by atoms with Crippen molar-refractivity contribution in [2.24, 2.45) is 0 Å². The summed E-state index contributed by atoms with van der Waals surface area (Å²) in [6.07, 6.45) is 1.15. The van der Waals surface area contributed by atoms with Gasteiger partial charge < -0.3 is 8.85 Å². The Morgan fingerprint density at radius 1 is 1.33 bits per heavy atom. The maximum absolute atomic E-state index is 5.60. The van der Waals surface area contributed by atoms with Crippen LogP contribution in [0.3, 0.4) is 0 Å². The van der Waals surface area contributed by atoms with Gasteiger partial charge in [0.25, 0.3) is 0 Å². The van der Waals surface area contributed by atoms with Gasteiger partial charge in [-0.2, -0.15) is 0 Å². The molecule has 0 aliphatic rings. The third kappa shape index (κ3) is 6.58. The van der Waals surface area contributed by atoms with Crippen LogP contribution in [0.1, 0.15) is 27.2 Å². The zero-order valence-electron chi connectivity index (χ0n) is 8.43. The summed E-state index contributed by atoms with van der Waals surface area (Å²) in [5.41, 5.74) is 1.07. The molecule has 0 saturated heterocycles. The third-order valence-electron chi connectivity index (χ3n) is 1.39. The highest BCUT2D eigenvalue weighted by Crippen LogP contribution is 2.02. The Balaban J connectivity index is 3.54. The van der Waals surface area contributed by atoms with Gasteiger partial charge in [0, 0.05) is 6.61 Å². The van der Waals surface area contributed by atoms with Crippen LogP contribution in [0, 0.1) is 0 Å². The van der Waals surface area contributed by atoms with Crippen LogP contribution in [-0.4, -0.2) is 22.5 Å². The van der Waals surface area contributed by atoms with Crippen molar-refractivity contribution in [1.29, 1.82) is 0 Å².